The second-order valence-electron chi connectivity index (χ2n) is 5.81. The molecule has 0 heterocycles. The molecule has 1 aliphatic carbocycles. The van der Waals surface area contributed by atoms with E-state index in [1.807, 2.05) is 6.92 Å². The zero-order valence-corrected chi connectivity index (χ0v) is 12.9. The molecule has 2 unspecified atom stereocenters. The zero-order valence-electron chi connectivity index (χ0n) is 12.2. The van der Waals surface area contributed by atoms with E-state index in [4.69, 9.17) is 11.6 Å². The van der Waals surface area contributed by atoms with Gasteiger partial charge in [-0.15, -0.1) is 0 Å². The summed E-state index contributed by atoms with van der Waals surface area (Å²) in [5, 5.41) is 14.5. The van der Waals surface area contributed by atoms with Crippen molar-refractivity contribution in [2.75, 3.05) is 11.9 Å². The fourth-order valence-electron chi connectivity index (χ4n) is 2.66. The highest BCUT2D eigenvalue weighted by Gasteiger charge is 2.39. The number of aliphatic hydroxyl groups excluding tert-OH is 1. The van der Waals surface area contributed by atoms with Gasteiger partial charge in [0, 0.05) is 16.5 Å². The van der Waals surface area contributed by atoms with Crippen LogP contribution >= 0.6 is 11.6 Å². The third kappa shape index (κ3) is 3.56. The van der Waals surface area contributed by atoms with E-state index in [-0.39, 0.29) is 23.4 Å². The lowest BCUT2D eigenvalue weighted by molar-refractivity contribution is -0.137. The van der Waals surface area contributed by atoms with Gasteiger partial charge in [-0.3, -0.25) is 9.59 Å². The number of hydrogen-bond acceptors (Lipinski definition) is 3. The number of halogens is 2. The number of carbonyl (C=O) groups is 2. The predicted molar refractivity (Wildman–Crippen MR) is 81.0 cm³/mol. The molecule has 0 aromatic heterocycles. The van der Waals surface area contributed by atoms with Gasteiger partial charge in [-0.05, 0) is 31.0 Å². The SMILES string of the molecule is CC1(CO)CCCC1NC(=O)C(=O)Nc1ccc(Cl)cc1F. The minimum atomic E-state index is -0.951. The molecule has 2 atom stereocenters. The van der Waals surface area contributed by atoms with Crippen molar-refractivity contribution >= 4 is 29.1 Å². The van der Waals surface area contributed by atoms with Crippen LogP contribution in [0.5, 0.6) is 0 Å². The van der Waals surface area contributed by atoms with Gasteiger partial charge in [-0.1, -0.05) is 24.9 Å². The third-order valence-corrected chi connectivity index (χ3v) is 4.37. The molecule has 120 valence electrons. The normalized spacial score (nSPS) is 24.1. The molecule has 0 spiro atoms. The first-order valence-electron chi connectivity index (χ1n) is 7.03. The Bertz CT molecular complexity index is 596. The zero-order chi connectivity index (χ0) is 16.3. The van der Waals surface area contributed by atoms with E-state index < -0.39 is 23.0 Å². The largest absolute Gasteiger partial charge is 0.396 e. The highest BCUT2D eigenvalue weighted by Crippen LogP contribution is 2.37. The summed E-state index contributed by atoms with van der Waals surface area (Å²) in [4.78, 5) is 23.8. The maximum atomic E-state index is 13.6. The van der Waals surface area contributed by atoms with Crippen LogP contribution in [0.1, 0.15) is 26.2 Å². The summed E-state index contributed by atoms with van der Waals surface area (Å²) >= 11 is 5.62. The van der Waals surface area contributed by atoms with Crippen molar-refractivity contribution in [1.82, 2.24) is 5.32 Å². The van der Waals surface area contributed by atoms with Crippen molar-refractivity contribution in [1.29, 1.82) is 0 Å². The summed E-state index contributed by atoms with van der Waals surface area (Å²) in [6.07, 6.45) is 2.35. The first-order chi connectivity index (χ1) is 10.4. The molecule has 0 aliphatic heterocycles. The smallest absolute Gasteiger partial charge is 0.313 e. The number of anilines is 1. The lowest BCUT2D eigenvalue weighted by Crippen LogP contribution is -2.48. The molecule has 22 heavy (non-hydrogen) atoms. The van der Waals surface area contributed by atoms with Gasteiger partial charge in [-0.2, -0.15) is 0 Å². The summed E-state index contributed by atoms with van der Waals surface area (Å²) in [5.74, 6) is -2.51. The number of rotatable bonds is 3. The van der Waals surface area contributed by atoms with Crippen LogP contribution in [0.3, 0.4) is 0 Å². The number of carbonyl (C=O) groups excluding carboxylic acids is 2. The highest BCUT2D eigenvalue weighted by molar-refractivity contribution is 6.39. The van der Waals surface area contributed by atoms with Gasteiger partial charge in [0.1, 0.15) is 5.82 Å². The fourth-order valence-corrected chi connectivity index (χ4v) is 2.82. The van der Waals surface area contributed by atoms with Gasteiger partial charge < -0.3 is 15.7 Å². The van der Waals surface area contributed by atoms with Crippen molar-refractivity contribution in [3.05, 3.63) is 29.0 Å². The lowest BCUT2D eigenvalue weighted by Gasteiger charge is -2.29. The molecule has 2 rings (SSSR count). The molecule has 1 aliphatic rings. The molecule has 1 aromatic rings. The lowest BCUT2D eigenvalue weighted by atomic mass is 9.86. The van der Waals surface area contributed by atoms with Gasteiger partial charge in [0.05, 0.1) is 12.3 Å². The molecule has 0 saturated heterocycles. The van der Waals surface area contributed by atoms with Crippen LogP contribution in [0.25, 0.3) is 0 Å². The molecule has 3 N–H and O–H groups in total. The van der Waals surface area contributed by atoms with Crippen LogP contribution in [-0.2, 0) is 9.59 Å². The van der Waals surface area contributed by atoms with Gasteiger partial charge in [0.15, 0.2) is 0 Å². The summed E-state index contributed by atoms with van der Waals surface area (Å²) in [6.45, 7) is 1.80. The first kappa shape index (κ1) is 16.7. The summed E-state index contributed by atoms with van der Waals surface area (Å²) in [6, 6.07) is 3.48. The van der Waals surface area contributed by atoms with Gasteiger partial charge in [-0.25, -0.2) is 4.39 Å². The Labute approximate surface area is 132 Å². The molecular weight excluding hydrogens is 311 g/mol. The Balaban J connectivity index is 1.99. The maximum Gasteiger partial charge on any atom is 0.313 e. The van der Waals surface area contributed by atoms with Crippen molar-refractivity contribution in [3.8, 4) is 0 Å². The van der Waals surface area contributed by atoms with Crippen LogP contribution in [-0.4, -0.2) is 29.6 Å². The Morgan fingerprint density at radius 2 is 2.18 bits per heavy atom. The van der Waals surface area contributed by atoms with E-state index >= 15 is 0 Å². The minimum Gasteiger partial charge on any atom is -0.396 e. The number of nitrogens with one attached hydrogen (secondary N) is 2. The highest BCUT2D eigenvalue weighted by atomic mass is 35.5. The average molecular weight is 329 g/mol. The molecular formula is C15H18ClFN2O3. The van der Waals surface area contributed by atoms with Crippen LogP contribution in [0.15, 0.2) is 18.2 Å². The van der Waals surface area contributed by atoms with Crippen molar-refractivity contribution < 1.29 is 19.1 Å². The summed E-state index contributed by atoms with van der Waals surface area (Å²) in [5.41, 5.74) is -0.539. The first-order valence-corrected chi connectivity index (χ1v) is 7.41. The summed E-state index contributed by atoms with van der Waals surface area (Å²) in [7, 11) is 0. The standard InChI is InChI=1S/C15H18ClFN2O3/c1-15(8-20)6-2-3-12(15)19-14(22)13(21)18-11-5-4-9(16)7-10(11)17/h4-5,7,12,20H,2-3,6,8H2,1H3,(H,18,21)(H,19,22). The topological polar surface area (TPSA) is 78.4 Å². The van der Waals surface area contributed by atoms with Crippen LogP contribution in [0, 0.1) is 11.2 Å². The number of amides is 2. The van der Waals surface area contributed by atoms with Crippen LogP contribution in [0.4, 0.5) is 10.1 Å². The number of aliphatic hydroxyl groups is 1. The van der Waals surface area contributed by atoms with Crippen molar-refractivity contribution in [3.63, 3.8) is 0 Å². The Morgan fingerprint density at radius 1 is 1.45 bits per heavy atom. The Kier molecular flexibility index (Phi) is 5.03. The Hall–Kier alpha value is -1.66. The van der Waals surface area contributed by atoms with E-state index in [9.17, 15) is 19.1 Å². The molecule has 5 nitrogen and oxygen atoms in total. The number of benzene rings is 1. The molecule has 2 amide bonds. The predicted octanol–water partition coefficient (Wildman–Crippen LogP) is 2.08. The maximum absolute atomic E-state index is 13.6. The van der Waals surface area contributed by atoms with Gasteiger partial charge in [0.2, 0.25) is 0 Å². The van der Waals surface area contributed by atoms with Gasteiger partial charge >= 0.3 is 11.8 Å². The van der Waals surface area contributed by atoms with E-state index in [1.165, 1.54) is 12.1 Å². The van der Waals surface area contributed by atoms with Crippen molar-refractivity contribution in [2.45, 2.75) is 32.2 Å². The third-order valence-electron chi connectivity index (χ3n) is 4.13. The van der Waals surface area contributed by atoms with Crippen molar-refractivity contribution in [2.24, 2.45) is 5.41 Å². The molecule has 7 heteroatoms. The summed E-state index contributed by atoms with van der Waals surface area (Å²) < 4.78 is 13.6. The van der Waals surface area contributed by atoms with E-state index in [0.29, 0.717) is 6.42 Å². The molecule has 0 radical (unpaired) electrons. The van der Waals surface area contributed by atoms with Crippen LogP contribution < -0.4 is 10.6 Å². The molecule has 1 saturated carbocycles. The molecule has 1 fully saturated rings. The second-order valence-corrected chi connectivity index (χ2v) is 6.25. The van der Waals surface area contributed by atoms with Crippen LogP contribution in [0.2, 0.25) is 5.02 Å². The number of hydrogen-bond donors (Lipinski definition) is 3. The average Bonchev–Trinajstić information content (AvgIpc) is 2.83. The van der Waals surface area contributed by atoms with E-state index in [1.54, 1.807) is 0 Å². The fraction of sp³-hybridized carbons (Fsp3) is 0.467. The van der Waals surface area contributed by atoms with Gasteiger partial charge in [0.25, 0.3) is 0 Å². The second kappa shape index (κ2) is 6.62. The minimum absolute atomic E-state index is 0.0641. The molecule has 0 bridgehead atoms. The monoisotopic (exact) mass is 328 g/mol. The van der Waals surface area contributed by atoms with E-state index in [0.717, 1.165) is 18.9 Å². The quantitative estimate of drug-likeness (QED) is 0.743. The molecule has 1 aromatic carbocycles. The Morgan fingerprint density at radius 3 is 2.82 bits per heavy atom. The van der Waals surface area contributed by atoms with E-state index in [2.05, 4.69) is 10.6 Å².